The number of rotatable bonds is 38. The van der Waals surface area contributed by atoms with Gasteiger partial charge in [0.25, 0.3) is 0 Å². The van der Waals surface area contributed by atoms with Gasteiger partial charge in [-0.05, 0) is 89.9 Å². The van der Waals surface area contributed by atoms with E-state index in [1.165, 1.54) is 25.7 Å². The number of esters is 2. The van der Waals surface area contributed by atoms with Crippen LogP contribution in [-0.4, -0.2) is 49.3 Å². The molecule has 0 aromatic heterocycles. The Labute approximate surface area is 334 Å². The number of carbonyl (C=O) groups is 2. The van der Waals surface area contributed by atoms with Crippen LogP contribution in [0.25, 0.3) is 0 Å². The molecule has 3 N–H and O–H groups in total. The van der Waals surface area contributed by atoms with Gasteiger partial charge in [0.05, 0.1) is 13.2 Å². The monoisotopic (exact) mass is 790 g/mol. The van der Waals surface area contributed by atoms with Crippen molar-refractivity contribution in [3.05, 3.63) is 85.1 Å². The number of phosphoric ester groups is 1. The Kier molecular flexibility index (Phi) is 38.8. The van der Waals surface area contributed by atoms with Crippen LogP contribution in [0.4, 0.5) is 0 Å². The summed E-state index contributed by atoms with van der Waals surface area (Å²) in [5.74, 6) is -0.891. The largest absolute Gasteiger partial charge is 0.472 e. The van der Waals surface area contributed by atoms with Crippen molar-refractivity contribution in [1.82, 2.24) is 0 Å². The first kappa shape index (κ1) is 52.2. The highest BCUT2D eigenvalue weighted by Gasteiger charge is 2.25. The lowest BCUT2D eigenvalue weighted by atomic mass is 10.1. The van der Waals surface area contributed by atoms with E-state index in [-0.39, 0.29) is 32.6 Å². The molecule has 0 amide bonds. The standard InChI is InChI=1S/C45H76NO8P/c1-3-5-7-9-11-13-15-17-19-20-21-22-24-25-27-29-31-33-35-37-44(47)51-41-43(42-53-55(49,50)52-40-39-46)54-45(48)38-36-34-32-30-28-26-23-18-16-14-12-10-8-6-4-2/h5,7,11-14,17-19,21-23,25,27,43H,3-4,6,8-10,15-16,20,24,26,28-42,46H2,1-2H3,(H,49,50)/b7-5-,13-11-,14-12-,19-17-,22-21-,23-18-,27-25-/t43-/m1/s1. The van der Waals surface area contributed by atoms with E-state index in [1.807, 2.05) is 0 Å². The summed E-state index contributed by atoms with van der Waals surface area (Å²) in [5, 5.41) is 0. The van der Waals surface area contributed by atoms with Crippen molar-refractivity contribution in [2.75, 3.05) is 26.4 Å². The summed E-state index contributed by atoms with van der Waals surface area (Å²) in [6.45, 7) is 3.51. The third kappa shape index (κ3) is 40.7. The van der Waals surface area contributed by atoms with E-state index in [2.05, 4.69) is 98.9 Å². The van der Waals surface area contributed by atoms with Crippen LogP contribution in [-0.2, 0) is 32.7 Å². The third-order valence-electron chi connectivity index (χ3n) is 8.27. The molecule has 0 saturated heterocycles. The van der Waals surface area contributed by atoms with Crippen molar-refractivity contribution >= 4 is 19.8 Å². The minimum Gasteiger partial charge on any atom is -0.462 e. The van der Waals surface area contributed by atoms with Crippen molar-refractivity contribution in [2.24, 2.45) is 5.73 Å². The van der Waals surface area contributed by atoms with Gasteiger partial charge in [-0.15, -0.1) is 0 Å². The molecule has 0 fully saturated rings. The molecule has 1 unspecified atom stereocenters. The summed E-state index contributed by atoms with van der Waals surface area (Å²) < 4.78 is 32.7. The molecule has 2 atom stereocenters. The van der Waals surface area contributed by atoms with E-state index in [0.717, 1.165) is 89.9 Å². The maximum absolute atomic E-state index is 12.6. The molecule has 10 heteroatoms. The molecule has 0 aromatic rings. The Morgan fingerprint density at radius 2 is 1.00 bits per heavy atom. The van der Waals surface area contributed by atoms with Crippen molar-refractivity contribution in [3.63, 3.8) is 0 Å². The number of hydrogen-bond donors (Lipinski definition) is 2. The number of ether oxygens (including phenoxy) is 2. The zero-order chi connectivity index (χ0) is 40.3. The van der Waals surface area contributed by atoms with Crippen LogP contribution in [0.5, 0.6) is 0 Å². The first-order valence-electron chi connectivity index (χ1n) is 21.1. The van der Waals surface area contributed by atoms with Gasteiger partial charge in [-0.2, -0.15) is 0 Å². The first-order chi connectivity index (χ1) is 26.8. The quantitative estimate of drug-likeness (QED) is 0.0271. The number of unbranched alkanes of at least 4 members (excludes halogenated alkanes) is 11. The molecule has 0 aliphatic rings. The van der Waals surface area contributed by atoms with Crippen molar-refractivity contribution in [3.8, 4) is 0 Å². The molecule has 0 aliphatic heterocycles. The molecule has 0 aromatic carbocycles. The van der Waals surface area contributed by atoms with Crippen molar-refractivity contribution in [1.29, 1.82) is 0 Å². The van der Waals surface area contributed by atoms with Gasteiger partial charge in [-0.1, -0.05) is 137 Å². The highest BCUT2D eigenvalue weighted by molar-refractivity contribution is 7.47. The van der Waals surface area contributed by atoms with Gasteiger partial charge in [0.1, 0.15) is 6.61 Å². The second kappa shape index (κ2) is 40.8. The van der Waals surface area contributed by atoms with E-state index in [9.17, 15) is 19.0 Å². The summed E-state index contributed by atoms with van der Waals surface area (Å²) in [6.07, 6.45) is 50.4. The summed E-state index contributed by atoms with van der Waals surface area (Å²) in [6, 6.07) is 0. The third-order valence-corrected chi connectivity index (χ3v) is 9.25. The van der Waals surface area contributed by atoms with Gasteiger partial charge < -0.3 is 20.1 Å². The molecule has 0 bridgehead atoms. The van der Waals surface area contributed by atoms with Gasteiger partial charge in [0.15, 0.2) is 6.10 Å². The van der Waals surface area contributed by atoms with Gasteiger partial charge in [-0.25, -0.2) is 4.57 Å². The second-order valence-electron chi connectivity index (χ2n) is 13.5. The molecule has 0 rings (SSSR count). The van der Waals surface area contributed by atoms with Crippen LogP contribution >= 0.6 is 7.82 Å². The Bertz CT molecular complexity index is 1170. The fraction of sp³-hybridized carbons (Fsp3) is 0.644. The van der Waals surface area contributed by atoms with Crippen molar-refractivity contribution in [2.45, 2.75) is 161 Å². The van der Waals surface area contributed by atoms with Crippen LogP contribution in [0.1, 0.15) is 155 Å². The molecule has 55 heavy (non-hydrogen) atoms. The number of nitrogens with two attached hydrogens (primary N) is 1. The van der Waals surface area contributed by atoms with Gasteiger partial charge >= 0.3 is 19.8 Å². The fourth-order valence-electron chi connectivity index (χ4n) is 5.16. The van der Waals surface area contributed by atoms with E-state index < -0.39 is 32.5 Å². The van der Waals surface area contributed by atoms with Gasteiger partial charge in [0, 0.05) is 19.4 Å². The van der Waals surface area contributed by atoms with Crippen molar-refractivity contribution < 1.29 is 37.6 Å². The lowest BCUT2D eigenvalue weighted by Gasteiger charge is -2.19. The highest BCUT2D eigenvalue weighted by Crippen LogP contribution is 2.43. The molecule has 314 valence electrons. The van der Waals surface area contributed by atoms with E-state index in [4.69, 9.17) is 24.3 Å². The topological polar surface area (TPSA) is 134 Å². The average Bonchev–Trinajstić information content (AvgIpc) is 3.17. The van der Waals surface area contributed by atoms with Crippen LogP contribution in [0.2, 0.25) is 0 Å². The molecule has 0 spiro atoms. The zero-order valence-electron chi connectivity index (χ0n) is 34.4. The lowest BCUT2D eigenvalue weighted by Crippen LogP contribution is -2.29. The lowest BCUT2D eigenvalue weighted by molar-refractivity contribution is -0.161. The van der Waals surface area contributed by atoms with Crippen LogP contribution < -0.4 is 5.73 Å². The SMILES string of the molecule is CC/C=C\C/C=C\C/C=C\C/C=C\C/C=C\CCCCCC(=O)OC[C@H](COP(=O)(O)OCCN)OC(=O)CCCCCCC/C=C\C/C=C\CCCCC. The Morgan fingerprint density at radius 3 is 1.51 bits per heavy atom. The zero-order valence-corrected chi connectivity index (χ0v) is 35.3. The molecule has 0 saturated carbocycles. The molecule has 0 radical (unpaired) electrons. The van der Waals surface area contributed by atoms with Gasteiger partial charge in [0.2, 0.25) is 0 Å². The number of hydrogen-bond acceptors (Lipinski definition) is 8. The maximum atomic E-state index is 12.6. The number of allylic oxidation sites excluding steroid dienone is 14. The summed E-state index contributed by atoms with van der Waals surface area (Å²) in [7, 11) is -4.39. The Hall–Kier alpha value is -2.81. The van der Waals surface area contributed by atoms with E-state index >= 15 is 0 Å². The molecular formula is C45H76NO8P. The number of carbonyl (C=O) groups excluding carboxylic acids is 2. The predicted molar refractivity (Wildman–Crippen MR) is 229 cm³/mol. The Balaban J connectivity index is 4.28. The van der Waals surface area contributed by atoms with E-state index in [0.29, 0.717) is 12.8 Å². The molecule has 0 heterocycles. The minimum absolute atomic E-state index is 0.0415. The van der Waals surface area contributed by atoms with Crippen LogP contribution in [0, 0.1) is 0 Å². The predicted octanol–water partition coefficient (Wildman–Crippen LogP) is 12.0. The maximum Gasteiger partial charge on any atom is 0.472 e. The summed E-state index contributed by atoms with van der Waals surface area (Å²) in [5.41, 5.74) is 5.34. The van der Waals surface area contributed by atoms with Crippen LogP contribution in [0.3, 0.4) is 0 Å². The fourth-order valence-corrected chi connectivity index (χ4v) is 5.92. The highest BCUT2D eigenvalue weighted by atomic mass is 31.2. The average molecular weight is 790 g/mol. The first-order valence-corrected chi connectivity index (χ1v) is 22.6. The normalized spacial score (nSPS) is 14.2. The molecule has 0 aliphatic carbocycles. The van der Waals surface area contributed by atoms with Gasteiger partial charge in [-0.3, -0.25) is 18.6 Å². The minimum atomic E-state index is -4.39. The molecule has 9 nitrogen and oxygen atoms in total. The summed E-state index contributed by atoms with van der Waals surface area (Å²) >= 11 is 0. The Morgan fingerprint density at radius 1 is 0.564 bits per heavy atom. The second-order valence-corrected chi connectivity index (χ2v) is 14.9. The number of phosphoric acid groups is 1. The summed E-state index contributed by atoms with van der Waals surface area (Å²) in [4.78, 5) is 34.8. The molecular weight excluding hydrogens is 713 g/mol. The van der Waals surface area contributed by atoms with E-state index in [1.54, 1.807) is 0 Å². The smallest absolute Gasteiger partial charge is 0.462 e. The van der Waals surface area contributed by atoms with Crippen LogP contribution in [0.15, 0.2) is 85.1 Å².